The summed E-state index contributed by atoms with van der Waals surface area (Å²) in [6, 6.07) is 23.6. The van der Waals surface area contributed by atoms with Gasteiger partial charge in [-0.3, -0.25) is 33.6 Å². The number of amides is 2. The quantitative estimate of drug-likeness (QED) is 0.155. The minimum Gasteiger partial charge on any atom is -0.366 e. The van der Waals surface area contributed by atoms with Crippen LogP contribution in [0.1, 0.15) is 53.6 Å². The van der Waals surface area contributed by atoms with E-state index in [1.165, 1.54) is 28.7 Å². The van der Waals surface area contributed by atoms with Gasteiger partial charge in [0.05, 0.1) is 27.2 Å². The molecule has 0 spiro atoms. The van der Waals surface area contributed by atoms with Gasteiger partial charge in [0.25, 0.3) is 17.0 Å². The number of primary amides is 1. The fourth-order valence-corrected chi connectivity index (χ4v) is 9.46. The van der Waals surface area contributed by atoms with E-state index in [4.69, 9.17) is 52.1 Å². The van der Waals surface area contributed by atoms with Crippen molar-refractivity contribution in [1.29, 1.82) is 0 Å². The van der Waals surface area contributed by atoms with Crippen LogP contribution in [0.15, 0.2) is 112 Å². The molecule has 14 nitrogen and oxygen atoms in total. The monoisotopic (exact) mass is 986 g/mol. The molecule has 0 bridgehead atoms. The van der Waals surface area contributed by atoms with Crippen molar-refractivity contribution < 1.29 is 18.0 Å². The first-order valence-corrected chi connectivity index (χ1v) is 22.4. The zero-order valence-electron chi connectivity index (χ0n) is 31.9. The van der Waals surface area contributed by atoms with Crippen molar-refractivity contribution >= 4 is 117 Å². The Labute approximate surface area is 389 Å². The zero-order valence-corrected chi connectivity index (χ0v) is 37.4. The predicted molar refractivity (Wildman–Crippen MR) is 256 cm³/mol. The largest absolute Gasteiger partial charge is 0.366 e. The second-order valence-corrected chi connectivity index (χ2v) is 18.8. The molecular weight excluding hydrogens is 951 g/mol. The fraction of sp³-hybridized carbons (Fsp3) is 0.143. The van der Waals surface area contributed by atoms with E-state index in [9.17, 15) is 27.6 Å². The maximum absolute atomic E-state index is 12.9. The number of anilines is 1. The molecule has 63 heavy (non-hydrogen) atoms. The molecule has 8 aromatic rings. The first-order valence-electron chi connectivity index (χ1n) is 17.6. The number of halogens is 4. The van der Waals surface area contributed by atoms with Crippen molar-refractivity contribution in [3.63, 3.8) is 0 Å². The molecule has 328 valence electrons. The Bertz CT molecular complexity index is 3150. The minimum absolute atomic E-state index is 0. The van der Waals surface area contributed by atoms with Crippen LogP contribution in [0.2, 0.25) is 20.1 Å². The van der Waals surface area contributed by atoms with E-state index in [1.54, 1.807) is 66.7 Å². The Morgan fingerprint density at radius 2 is 1.13 bits per heavy atom. The molecule has 0 saturated carbocycles. The molecule has 0 aliphatic carbocycles. The fourth-order valence-electron chi connectivity index (χ4n) is 5.48. The molecule has 8 rings (SSSR count). The number of nitrogens with two attached hydrogens (primary N) is 1. The maximum Gasteiger partial charge on any atom is 0.277 e. The highest BCUT2D eigenvalue weighted by atomic mass is 35.5. The Morgan fingerprint density at radius 1 is 0.683 bits per heavy atom. The average molecular weight is 989 g/mol. The molecule has 0 atom stereocenters. The molecule has 0 saturated heterocycles. The van der Waals surface area contributed by atoms with Gasteiger partial charge in [0.1, 0.15) is 22.1 Å². The molecule has 4 heterocycles. The van der Waals surface area contributed by atoms with Crippen LogP contribution < -0.4 is 22.2 Å². The van der Waals surface area contributed by atoms with Crippen LogP contribution in [-0.4, -0.2) is 55.1 Å². The third-order valence-corrected chi connectivity index (χ3v) is 13.9. The molecular formula is C42H38Cl4N8O6S3. The molecule has 4 aromatic heterocycles. The van der Waals surface area contributed by atoms with Crippen molar-refractivity contribution in [2.45, 2.75) is 40.0 Å². The number of para-hydroxylation sites is 2. The Kier molecular flexibility index (Phi) is 16.9. The number of fused-ring (bicyclic) bond motifs is 2. The van der Waals surface area contributed by atoms with Crippen molar-refractivity contribution in [2.75, 3.05) is 11.1 Å². The Balaban J connectivity index is 0.000000224. The number of carbonyl (C=O) groups excluding carboxylic acids is 2. The van der Waals surface area contributed by atoms with Crippen LogP contribution in [0.3, 0.4) is 0 Å². The average Bonchev–Trinajstić information content (AvgIpc) is 3.86. The van der Waals surface area contributed by atoms with Crippen molar-refractivity contribution in [2.24, 2.45) is 5.73 Å². The van der Waals surface area contributed by atoms with E-state index in [0.717, 1.165) is 33.8 Å². The normalized spacial score (nSPS) is 10.7. The van der Waals surface area contributed by atoms with Gasteiger partial charge in [-0.1, -0.05) is 115 Å². The maximum atomic E-state index is 12.9. The summed E-state index contributed by atoms with van der Waals surface area (Å²) in [6.45, 7) is 5.22. The second-order valence-electron chi connectivity index (χ2n) is 12.7. The number of carbonyl (C=O) groups is 2. The molecule has 3 N–H and O–H groups in total. The molecule has 0 aliphatic rings. The number of hydrogen-bond donors (Lipinski definition) is 2. The van der Waals surface area contributed by atoms with Crippen molar-refractivity contribution in [3.8, 4) is 11.4 Å². The molecule has 0 unspecified atom stereocenters. The summed E-state index contributed by atoms with van der Waals surface area (Å²) in [7, 11) is -3.48. The van der Waals surface area contributed by atoms with Gasteiger partial charge in [0.15, 0.2) is 16.4 Å². The summed E-state index contributed by atoms with van der Waals surface area (Å²) in [5, 5.41) is 4.98. The van der Waals surface area contributed by atoms with Crippen LogP contribution in [0, 0.1) is 13.8 Å². The first kappa shape index (κ1) is 50.1. The van der Waals surface area contributed by atoms with Crippen LogP contribution >= 0.6 is 69.1 Å². The van der Waals surface area contributed by atoms with Gasteiger partial charge in [-0.25, -0.2) is 23.4 Å². The molecule has 4 aromatic carbocycles. The predicted octanol–water partition coefficient (Wildman–Crippen LogP) is 10.0. The lowest BCUT2D eigenvalue weighted by Gasteiger charge is -2.10. The van der Waals surface area contributed by atoms with Crippen molar-refractivity contribution in [3.05, 3.63) is 161 Å². The molecule has 0 radical (unpaired) electrons. The first-order chi connectivity index (χ1) is 29.0. The summed E-state index contributed by atoms with van der Waals surface area (Å²) in [5.41, 5.74) is 8.36. The van der Waals surface area contributed by atoms with E-state index >= 15 is 0 Å². The smallest absolute Gasteiger partial charge is 0.277 e. The van der Waals surface area contributed by atoms with Gasteiger partial charge in [-0.05, 0) is 85.6 Å². The third-order valence-electron chi connectivity index (χ3n) is 8.58. The number of aryl methyl sites for hydroxylation is 2. The van der Waals surface area contributed by atoms with E-state index < -0.39 is 15.7 Å². The summed E-state index contributed by atoms with van der Waals surface area (Å²) < 4.78 is 27.0. The summed E-state index contributed by atoms with van der Waals surface area (Å²) in [4.78, 5) is 65.1. The molecule has 0 fully saturated rings. The van der Waals surface area contributed by atoms with Crippen LogP contribution in [-0.2, 0) is 9.84 Å². The number of thiazole rings is 2. The number of nitrogens with one attached hydrogen (secondary N) is 1. The second kappa shape index (κ2) is 21.2. The highest BCUT2D eigenvalue weighted by Crippen LogP contribution is 2.28. The highest BCUT2D eigenvalue weighted by molar-refractivity contribution is 7.93. The number of rotatable bonds is 7. The number of nitrogens with zero attached hydrogens (tertiary/aromatic N) is 6. The van der Waals surface area contributed by atoms with Crippen molar-refractivity contribution in [1.82, 2.24) is 29.1 Å². The molecule has 0 aliphatic heterocycles. The lowest BCUT2D eigenvalue weighted by Crippen LogP contribution is -2.19. The third kappa shape index (κ3) is 11.4. The topological polar surface area (TPSA) is 202 Å². The van der Waals surface area contributed by atoms with E-state index in [0.29, 0.717) is 47.3 Å². The lowest BCUT2D eigenvalue weighted by atomic mass is 10.2. The van der Waals surface area contributed by atoms with Gasteiger partial charge >= 0.3 is 0 Å². The minimum atomic E-state index is -3.48. The molecule has 21 heteroatoms. The number of sulfone groups is 1. The standard InChI is InChI=1S/C19H12Cl2N4O2S.C14H12ClN3O3S2.C7H6ClNO.2CH4/c1-10-3-2-4-13(21)14(10)25-9-22-16-15(18(25)27)28-19(23-16)24-17(26)11-5-7-12(20)8-6-11;1-3-23(20,21)14-17-12-11(22-14)13(19)18(7-16-12)10-8(2)5-4-6-9(10)15;8-6-3-1-5(2-4-6)7(9)10;;/h2-9H,1H3,(H,23,24,26);4-7H,3H2,1-2H3;1-4H,(H2,9,10);2*1H4. The van der Waals surface area contributed by atoms with Crippen LogP contribution in [0.25, 0.3) is 32.1 Å². The van der Waals surface area contributed by atoms with E-state index in [1.807, 2.05) is 32.0 Å². The summed E-state index contributed by atoms with van der Waals surface area (Å²) in [5.74, 6) is -0.861. The van der Waals surface area contributed by atoms with Gasteiger partial charge in [0.2, 0.25) is 20.1 Å². The van der Waals surface area contributed by atoms with E-state index in [-0.39, 0.29) is 63.1 Å². The Hall–Kier alpha value is -5.53. The van der Waals surface area contributed by atoms with Gasteiger partial charge in [-0.15, -0.1) is 0 Å². The summed E-state index contributed by atoms with van der Waals surface area (Å²) in [6.07, 6.45) is 2.71. The Morgan fingerprint density at radius 3 is 1.57 bits per heavy atom. The lowest BCUT2D eigenvalue weighted by molar-refractivity contribution is 0.0997. The van der Waals surface area contributed by atoms with Gasteiger partial charge in [0, 0.05) is 21.2 Å². The zero-order chi connectivity index (χ0) is 44.2. The summed E-state index contributed by atoms with van der Waals surface area (Å²) >= 11 is 25.8. The molecule has 2 amide bonds. The van der Waals surface area contributed by atoms with Crippen LogP contribution in [0.5, 0.6) is 0 Å². The highest BCUT2D eigenvalue weighted by Gasteiger charge is 2.21. The number of aromatic nitrogens is 6. The number of hydrogen-bond acceptors (Lipinski definition) is 12. The van der Waals surface area contributed by atoms with E-state index in [2.05, 4.69) is 25.3 Å². The van der Waals surface area contributed by atoms with Gasteiger partial charge < -0.3 is 5.73 Å². The van der Waals surface area contributed by atoms with Gasteiger partial charge in [-0.2, -0.15) is 4.98 Å². The number of benzene rings is 4. The SMILES string of the molecule is C.C.CCS(=O)(=O)c1nc2ncn(-c3c(C)cccc3Cl)c(=O)c2s1.Cc1cccc(Cl)c1-n1cnc2nc(NC(=O)c3ccc(Cl)cc3)sc2c1=O.NC(=O)c1ccc(Cl)cc1. The van der Waals surface area contributed by atoms with Crippen LogP contribution in [0.4, 0.5) is 5.13 Å².